The first kappa shape index (κ1) is 13.5. The van der Waals surface area contributed by atoms with E-state index in [4.69, 9.17) is 17.3 Å². The first-order valence-corrected chi connectivity index (χ1v) is 5.88. The van der Waals surface area contributed by atoms with Crippen LogP contribution >= 0.6 is 11.6 Å². The maximum atomic E-state index is 13.6. The molecule has 1 unspecified atom stereocenters. The maximum absolute atomic E-state index is 13.6. The van der Waals surface area contributed by atoms with E-state index in [1.165, 1.54) is 0 Å². The Morgan fingerprint density at radius 2 is 2.00 bits per heavy atom. The first-order valence-electron chi connectivity index (χ1n) is 5.51. The van der Waals surface area contributed by atoms with E-state index in [-0.39, 0.29) is 22.3 Å². The highest BCUT2D eigenvalue weighted by Gasteiger charge is 2.20. The Morgan fingerprint density at radius 3 is 2.56 bits per heavy atom. The van der Waals surface area contributed by atoms with Crippen LogP contribution in [0.3, 0.4) is 0 Å². The van der Waals surface area contributed by atoms with E-state index in [2.05, 4.69) is 20.8 Å². The van der Waals surface area contributed by atoms with Crippen molar-refractivity contribution in [1.29, 1.82) is 0 Å². The number of hydrogen-bond acceptors (Lipinski definition) is 1. The molecule has 0 bridgehead atoms. The predicted octanol–water partition coefficient (Wildman–Crippen LogP) is 3.79. The quantitative estimate of drug-likeness (QED) is 0.859. The van der Waals surface area contributed by atoms with E-state index < -0.39 is 0 Å². The van der Waals surface area contributed by atoms with Crippen molar-refractivity contribution < 1.29 is 4.39 Å². The van der Waals surface area contributed by atoms with Crippen LogP contribution in [0.5, 0.6) is 0 Å². The Labute approximate surface area is 102 Å². The highest BCUT2D eigenvalue weighted by Crippen LogP contribution is 2.23. The number of aryl methyl sites for hydroxylation is 1. The van der Waals surface area contributed by atoms with Crippen molar-refractivity contribution in [3.8, 4) is 0 Å². The summed E-state index contributed by atoms with van der Waals surface area (Å²) in [6, 6.07) is 5.15. The maximum Gasteiger partial charge on any atom is 0.144 e. The molecule has 0 aliphatic rings. The van der Waals surface area contributed by atoms with E-state index in [0.717, 1.165) is 6.42 Å². The minimum Gasteiger partial charge on any atom is -0.327 e. The molecule has 0 spiro atoms. The van der Waals surface area contributed by atoms with Crippen molar-refractivity contribution in [2.24, 2.45) is 11.1 Å². The van der Waals surface area contributed by atoms with Crippen molar-refractivity contribution in [2.75, 3.05) is 0 Å². The molecule has 3 heteroatoms. The standard InChI is InChI=1S/C13H19ClFN/c1-13(2,3)11(16)8-7-9-5-4-6-10(14)12(9)15/h4-6,11H,7-8,16H2,1-3H3. The Balaban J connectivity index is 2.65. The molecule has 0 saturated heterocycles. The lowest BCUT2D eigenvalue weighted by molar-refractivity contribution is 0.305. The fourth-order valence-electron chi connectivity index (χ4n) is 1.49. The topological polar surface area (TPSA) is 26.0 Å². The molecule has 16 heavy (non-hydrogen) atoms. The smallest absolute Gasteiger partial charge is 0.144 e. The predicted molar refractivity (Wildman–Crippen MR) is 67.2 cm³/mol. The van der Waals surface area contributed by atoms with Gasteiger partial charge in [0.1, 0.15) is 5.82 Å². The summed E-state index contributed by atoms with van der Waals surface area (Å²) in [5.41, 5.74) is 6.73. The van der Waals surface area contributed by atoms with Crippen molar-refractivity contribution in [2.45, 2.75) is 39.7 Å². The lowest BCUT2D eigenvalue weighted by Crippen LogP contribution is -2.35. The molecule has 0 heterocycles. The van der Waals surface area contributed by atoms with Gasteiger partial charge in [-0.15, -0.1) is 0 Å². The molecule has 1 aromatic rings. The third-order valence-corrected chi connectivity index (χ3v) is 3.16. The number of halogens is 2. The molecular formula is C13H19ClFN. The second-order valence-electron chi connectivity index (χ2n) is 5.22. The van der Waals surface area contributed by atoms with Crippen molar-refractivity contribution in [3.63, 3.8) is 0 Å². The summed E-state index contributed by atoms with van der Waals surface area (Å²) in [4.78, 5) is 0. The van der Waals surface area contributed by atoms with E-state index in [1.54, 1.807) is 18.2 Å². The van der Waals surface area contributed by atoms with E-state index in [1.807, 2.05) is 0 Å². The van der Waals surface area contributed by atoms with Gasteiger partial charge in [-0.25, -0.2) is 4.39 Å². The van der Waals surface area contributed by atoms with Gasteiger partial charge in [0, 0.05) is 6.04 Å². The largest absolute Gasteiger partial charge is 0.327 e. The molecule has 90 valence electrons. The molecule has 1 aromatic carbocycles. The SMILES string of the molecule is CC(C)(C)C(N)CCc1cccc(Cl)c1F. The number of benzene rings is 1. The van der Waals surface area contributed by atoms with Crippen LogP contribution in [0.1, 0.15) is 32.8 Å². The fourth-order valence-corrected chi connectivity index (χ4v) is 1.68. The summed E-state index contributed by atoms with van der Waals surface area (Å²) < 4.78 is 13.6. The van der Waals surface area contributed by atoms with Crippen molar-refractivity contribution in [1.82, 2.24) is 0 Å². The van der Waals surface area contributed by atoms with Crippen LogP contribution < -0.4 is 5.73 Å². The number of hydrogen-bond donors (Lipinski definition) is 1. The second kappa shape index (κ2) is 5.15. The molecule has 0 aromatic heterocycles. The summed E-state index contributed by atoms with van der Waals surface area (Å²) in [5, 5.41) is 0.182. The molecule has 1 rings (SSSR count). The van der Waals surface area contributed by atoms with Gasteiger partial charge >= 0.3 is 0 Å². The van der Waals surface area contributed by atoms with Gasteiger partial charge in [0.2, 0.25) is 0 Å². The van der Waals surface area contributed by atoms with Crippen molar-refractivity contribution >= 4 is 11.6 Å². The minimum atomic E-state index is -0.315. The Bertz CT molecular complexity index is 357. The molecule has 0 fully saturated rings. The number of rotatable bonds is 3. The molecule has 0 aliphatic carbocycles. The van der Waals surface area contributed by atoms with Gasteiger partial charge in [-0.3, -0.25) is 0 Å². The van der Waals surface area contributed by atoms with Gasteiger partial charge in [-0.1, -0.05) is 44.5 Å². The molecule has 1 atom stereocenters. The zero-order valence-electron chi connectivity index (χ0n) is 10.1. The van der Waals surface area contributed by atoms with Crippen LogP contribution in [0.4, 0.5) is 4.39 Å². The third kappa shape index (κ3) is 3.46. The molecule has 1 nitrogen and oxygen atoms in total. The van der Waals surface area contributed by atoms with Gasteiger partial charge in [-0.05, 0) is 29.9 Å². The third-order valence-electron chi connectivity index (χ3n) is 2.87. The lowest BCUT2D eigenvalue weighted by atomic mass is 9.84. The molecule has 2 N–H and O–H groups in total. The minimum absolute atomic E-state index is 0.0506. The monoisotopic (exact) mass is 243 g/mol. The summed E-state index contributed by atoms with van der Waals surface area (Å²) in [6.45, 7) is 6.27. The normalized spacial score (nSPS) is 13.9. The Hall–Kier alpha value is -0.600. The van der Waals surface area contributed by atoms with Crippen LogP contribution in [0.2, 0.25) is 5.02 Å². The van der Waals surface area contributed by atoms with E-state index in [0.29, 0.717) is 12.0 Å². The number of nitrogens with two attached hydrogens (primary N) is 1. The lowest BCUT2D eigenvalue weighted by Gasteiger charge is -2.27. The van der Waals surface area contributed by atoms with Gasteiger partial charge in [0.05, 0.1) is 5.02 Å². The first-order chi connectivity index (χ1) is 7.32. The van der Waals surface area contributed by atoms with Gasteiger partial charge in [0.15, 0.2) is 0 Å². The summed E-state index contributed by atoms with van der Waals surface area (Å²) >= 11 is 5.71. The summed E-state index contributed by atoms with van der Waals surface area (Å²) in [6.07, 6.45) is 1.39. The van der Waals surface area contributed by atoms with Gasteiger partial charge in [-0.2, -0.15) is 0 Å². The van der Waals surface area contributed by atoms with E-state index in [9.17, 15) is 4.39 Å². The van der Waals surface area contributed by atoms with E-state index >= 15 is 0 Å². The van der Waals surface area contributed by atoms with Crippen molar-refractivity contribution in [3.05, 3.63) is 34.6 Å². The van der Waals surface area contributed by atoms with Crippen LogP contribution in [-0.4, -0.2) is 6.04 Å². The summed E-state index contributed by atoms with van der Waals surface area (Å²) in [5.74, 6) is -0.315. The second-order valence-corrected chi connectivity index (χ2v) is 5.63. The molecule has 0 amide bonds. The highest BCUT2D eigenvalue weighted by molar-refractivity contribution is 6.30. The van der Waals surface area contributed by atoms with Crippen LogP contribution in [0, 0.1) is 11.2 Å². The van der Waals surface area contributed by atoms with Crippen LogP contribution in [0.15, 0.2) is 18.2 Å². The molecule has 0 aliphatic heterocycles. The fraction of sp³-hybridized carbons (Fsp3) is 0.538. The Morgan fingerprint density at radius 1 is 1.38 bits per heavy atom. The average Bonchev–Trinajstić information content (AvgIpc) is 2.18. The molecule has 0 saturated carbocycles. The zero-order chi connectivity index (χ0) is 12.3. The van der Waals surface area contributed by atoms with Gasteiger partial charge < -0.3 is 5.73 Å². The molecular weight excluding hydrogens is 225 g/mol. The molecule has 0 radical (unpaired) electrons. The van der Waals surface area contributed by atoms with Gasteiger partial charge in [0.25, 0.3) is 0 Å². The highest BCUT2D eigenvalue weighted by atomic mass is 35.5. The Kier molecular flexibility index (Phi) is 4.34. The zero-order valence-corrected chi connectivity index (χ0v) is 10.8. The van der Waals surface area contributed by atoms with Crippen LogP contribution in [0.25, 0.3) is 0 Å². The summed E-state index contributed by atoms with van der Waals surface area (Å²) in [7, 11) is 0. The van der Waals surface area contributed by atoms with Crippen LogP contribution in [-0.2, 0) is 6.42 Å². The average molecular weight is 244 g/mol.